The van der Waals surface area contributed by atoms with E-state index in [1.54, 1.807) is 12.3 Å². The number of pyridine rings is 2. The minimum Gasteiger partial charge on any atom is -0.369 e. The zero-order valence-electron chi connectivity index (χ0n) is 19.3. The maximum Gasteiger partial charge on any atom is 0.255 e. The maximum absolute atomic E-state index is 13.5. The molecule has 4 N–H and O–H groups in total. The van der Waals surface area contributed by atoms with Gasteiger partial charge in [-0.2, -0.15) is 0 Å². The Hall–Kier alpha value is -3.52. The molecule has 0 spiro atoms. The van der Waals surface area contributed by atoms with Crippen LogP contribution in [0, 0.1) is 5.82 Å². The van der Waals surface area contributed by atoms with Crippen molar-refractivity contribution in [2.75, 3.05) is 29.9 Å². The lowest BCUT2D eigenvalue weighted by Crippen LogP contribution is -2.31. The summed E-state index contributed by atoms with van der Waals surface area (Å²) >= 11 is 0. The zero-order chi connectivity index (χ0) is 23.8. The van der Waals surface area contributed by atoms with Crippen LogP contribution in [0.4, 0.5) is 16.0 Å². The summed E-state index contributed by atoms with van der Waals surface area (Å²) in [5.74, 6) is 0.914. The third-order valence-electron chi connectivity index (χ3n) is 6.02. The highest BCUT2D eigenvalue weighted by Gasteiger charge is 2.18. The molecule has 3 aromatic rings. The average molecular weight is 463 g/mol. The van der Waals surface area contributed by atoms with E-state index in [9.17, 15) is 9.18 Å². The van der Waals surface area contributed by atoms with Crippen LogP contribution in [0.3, 0.4) is 0 Å². The third kappa shape index (κ3) is 6.08. The lowest BCUT2D eigenvalue weighted by Gasteiger charge is -2.28. The van der Waals surface area contributed by atoms with Gasteiger partial charge in [0.15, 0.2) is 0 Å². The van der Waals surface area contributed by atoms with E-state index >= 15 is 0 Å². The number of hydrogen-bond donors (Lipinski definition) is 3. The second kappa shape index (κ2) is 11.6. The number of nitrogens with two attached hydrogens (primary N) is 1. The number of amides is 1. The van der Waals surface area contributed by atoms with Crippen LogP contribution in [0.25, 0.3) is 0 Å². The summed E-state index contributed by atoms with van der Waals surface area (Å²) in [6.07, 6.45) is 5.82. The van der Waals surface area contributed by atoms with E-state index in [1.165, 1.54) is 18.6 Å². The van der Waals surface area contributed by atoms with Crippen molar-refractivity contribution >= 4 is 17.5 Å². The zero-order valence-corrected chi connectivity index (χ0v) is 19.3. The van der Waals surface area contributed by atoms with E-state index in [2.05, 4.69) is 20.5 Å². The number of piperidine rings is 1. The molecule has 0 atom stereocenters. The van der Waals surface area contributed by atoms with Crippen molar-refractivity contribution in [3.05, 3.63) is 82.9 Å². The first-order chi connectivity index (χ1) is 16.6. The number of rotatable bonds is 9. The summed E-state index contributed by atoms with van der Waals surface area (Å²) in [5.41, 5.74) is 8.77. The number of carbonyl (C=O) groups is 1. The van der Waals surface area contributed by atoms with Crippen LogP contribution < -0.4 is 21.3 Å². The number of halogens is 1. The highest BCUT2D eigenvalue weighted by Crippen LogP contribution is 2.23. The van der Waals surface area contributed by atoms with E-state index in [0.717, 1.165) is 48.6 Å². The number of anilines is 2. The van der Waals surface area contributed by atoms with E-state index < -0.39 is 0 Å². The van der Waals surface area contributed by atoms with Gasteiger partial charge in [-0.3, -0.25) is 9.78 Å². The Morgan fingerprint density at radius 2 is 1.94 bits per heavy atom. The van der Waals surface area contributed by atoms with Crippen LogP contribution in [0.1, 0.15) is 46.4 Å². The van der Waals surface area contributed by atoms with E-state index in [-0.39, 0.29) is 11.7 Å². The molecule has 1 saturated heterocycles. The number of benzene rings is 1. The number of carbonyl (C=O) groups excluding carboxylic acids is 1. The summed E-state index contributed by atoms with van der Waals surface area (Å²) in [6, 6.07) is 14.0. The smallest absolute Gasteiger partial charge is 0.255 e. The number of nitrogens with one attached hydrogen (secondary N) is 2. The first-order valence-electron chi connectivity index (χ1n) is 11.8. The topological polar surface area (TPSA) is 96.2 Å². The molecule has 1 aliphatic heterocycles. The minimum absolute atomic E-state index is 0.224. The monoisotopic (exact) mass is 462 g/mol. The van der Waals surface area contributed by atoms with Gasteiger partial charge < -0.3 is 21.3 Å². The van der Waals surface area contributed by atoms with E-state index in [4.69, 9.17) is 10.7 Å². The molecule has 1 aromatic carbocycles. The minimum atomic E-state index is -0.255. The molecule has 1 aliphatic rings. The van der Waals surface area contributed by atoms with Crippen molar-refractivity contribution in [3.63, 3.8) is 0 Å². The van der Waals surface area contributed by atoms with Gasteiger partial charge in [-0.15, -0.1) is 0 Å². The first kappa shape index (κ1) is 23.6. The molecule has 3 heterocycles. The first-order valence-corrected chi connectivity index (χ1v) is 11.8. The molecule has 178 valence electrons. The molecular weight excluding hydrogens is 431 g/mol. The SMILES string of the molecule is NCc1ncccc1CNC(=O)c1ccc(N2CCCCC2)nc1NCCc1cccc(F)c1. The predicted molar refractivity (Wildman–Crippen MR) is 132 cm³/mol. The van der Waals surface area contributed by atoms with Gasteiger partial charge in [0.1, 0.15) is 17.5 Å². The summed E-state index contributed by atoms with van der Waals surface area (Å²) < 4.78 is 13.5. The lowest BCUT2D eigenvalue weighted by molar-refractivity contribution is 0.0951. The molecule has 4 rings (SSSR count). The van der Waals surface area contributed by atoms with Gasteiger partial charge in [0, 0.05) is 38.9 Å². The van der Waals surface area contributed by atoms with E-state index in [1.807, 2.05) is 30.3 Å². The molecule has 34 heavy (non-hydrogen) atoms. The predicted octanol–water partition coefficient (Wildman–Crippen LogP) is 3.65. The molecule has 7 nitrogen and oxygen atoms in total. The molecular formula is C26H31FN6O. The van der Waals surface area contributed by atoms with Crippen LogP contribution in [-0.4, -0.2) is 35.5 Å². The molecule has 0 radical (unpaired) electrons. The van der Waals surface area contributed by atoms with Crippen molar-refractivity contribution in [1.29, 1.82) is 0 Å². The lowest BCUT2D eigenvalue weighted by atomic mass is 10.1. The number of nitrogens with zero attached hydrogens (tertiary/aromatic N) is 3. The van der Waals surface area contributed by atoms with Crippen LogP contribution >= 0.6 is 0 Å². The Bertz CT molecular complexity index is 1120. The second-order valence-corrected chi connectivity index (χ2v) is 8.42. The highest BCUT2D eigenvalue weighted by atomic mass is 19.1. The summed E-state index contributed by atoms with van der Waals surface area (Å²) in [6.45, 7) is 3.09. The molecule has 1 fully saturated rings. The van der Waals surface area contributed by atoms with Crippen molar-refractivity contribution in [1.82, 2.24) is 15.3 Å². The number of aromatic nitrogens is 2. The van der Waals surface area contributed by atoms with Gasteiger partial charge in [0.2, 0.25) is 0 Å². The average Bonchev–Trinajstić information content (AvgIpc) is 2.88. The number of hydrogen-bond acceptors (Lipinski definition) is 6. The summed E-state index contributed by atoms with van der Waals surface area (Å²) in [7, 11) is 0. The highest BCUT2D eigenvalue weighted by molar-refractivity contribution is 5.99. The Labute approximate surface area is 199 Å². The van der Waals surface area contributed by atoms with Crippen LogP contribution in [0.15, 0.2) is 54.7 Å². The van der Waals surface area contributed by atoms with Crippen molar-refractivity contribution in [3.8, 4) is 0 Å². The Kier molecular flexibility index (Phi) is 8.04. The van der Waals surface area contributed by atoms with Gasteiger partial charge in [-0.1, -0.05) is 18.2 Å². The Morgan fingerprint density at radius 3 is 2.74 bits per heavy atom. The molecule has 0 bridgehead atoms. The Morgan fingerprint density at radius 1 is 1.09 bits per heavy atom. The summed E-state index contributed by atoms with van der Waals surface area (Å²) in [5, 5.41) is 6.28. The van der Waals surface area contributed by atoms with Gasteiger partial charge >= 0.3 is 0 Å². The third-order valence-corrected chi connectivity index (χ3v) is 6.02. The van der Waals surface area contributed by atoms with Crippen LogP contribution in [0.2, 0.25) is 0 Å². The van der Waals surface area contributed by atoms with Gasteiger partial charge in [0.25, 0.3) is 5.91 Å². The normalized spacial score (nSPS) is 13.5. The van der Waals surface area contributed by atoms with Gasteiger partial charge in [0.05, 0.1) is 11.3 Å². The molecule has 8 heteroatoms. The molecule has 2 aromatic heterocycles. The molecule has 0 unspecified atom stereocenters. The van der Waals surface area contributed by atoms with Crippen LogP contribution in [-0.2, 0) is 19.5 Å². The molecule has 0 aliphatic carbocycles. The fraction of sp³-hybridized carbons (Fsp3) is 0.346. The van der Waals surface area contributed by atoms with Crippen molar-refractivity contribution < 1.29 is 9.18 Å². The van der Waals surface area contributed by atoms with Crippen molar-refractivity contribution in [2.45, 2.75) is 38.8 Å². The quantitative estimate of drug-likeness (QED) is 0.449. The fourth-order valence-corrected chi connectivity index (χ4v) is 4.17. The maximum atomic E-state index is 13.5. The second-order valence-electron chi connectivity index (χ2n) is 8.42. The van der Waals surface area contributed by atoms with Gasteiger partial charge in [-0.05, 0) is 67.1 Å². The molecule has 1 amide bonds. The molecule has 0 saturated carbocycles. The standard InChI is InChI=1S/C26H31FN6O/c27-21-8-4-6-19(16-21)11-13-30-25-22(9-10-24(32-25)33-14-2-1-3-15-33)26(34)31-18-20-7-5-12-29-23(20)17-28/h4-10,12,16H,1-3,11,13-15,17-18,28H2,(H,30,32)(H,31,34). The van der Waals surface area contributed by atoms with Crippen LogP contribution in [0.5, 0.6) is 0 Å². The van der Waals surface area contributed by atoms with Gasteiger partial charge in [-0.25, -0.2) is 9.37 Å². The van der Waals surface area contributed by atoms with Crippen molar-refractivity contribution in [2.24, 2.45) is 5.73 Å². The van der Waals surface area contributed by atoms with E-state index in [0.29, 0.717) is 37.4 Å². The fourth-order valence-electron chi connectivity index (χ4n) is 4.17. The largest absolute Gasteiger partial charge is 0.369 e. The Balaban J connectivity index is 1.50. The summed E-state index contributed by atoms with van der Waals surface area (Å²) in [4.78, 5) is 24.4.